The second kappa shape index (κ2) is 7.85. The molecule has 6 nitrogen and oxygen atoms in total. The van der Waals surface area contributed by atoms with E-state index in [4.69, 9.17) is 14.2 Å². The molecular weight excluding hydrogens is 334 g/mol. The van der Waals surface area contributed by atoms with E-state index in [-0.39, 0.29) is 19.8 Å². The fourth-order valence-electron chi connectivity index (χ4n) is 2.68. The molecule has 1 aromatic carbocycles. The van der Waals surface area contributed by atoms with Crippen molar-refractivity contribution in [3.8, 4) is 0 Å². The number of para-hydroxylation sites is 1. The summed E-state index contributed by atoms with van der Waals surface area (Å²) in [6.07, 6.45) is 2.19. The van der Waals surface area contributed by atoms with Crippen molar-refractivity contribution in [2.75, 3.05) is 24.7 Å². The van der Waals surface area contributed by atoms with Crippen molar-refractivity contribution in [1.82, 2.24) is 0 Å². The summed E-state index contributed by atoms with van der Waals surface area (Å²) in [4.78, 5) is 26.7. The molecule has 26 heavy (non-hydrogen) atoms. The number of hydrogen-bond acceptors (Lipinski definition) is 5. The summed E-state index contributed by atoms with van der Waals surface area (Å²) in [5, 5.41) is 0. The highest BCUT2D eigenvalue weighted by Gasteiger charge is 2.47. The van der Waals surface area contributed by atoms with Crippen molar-refractivity contribution >= 4 is 17.6 Å². The van der Waals surface area contributed by atoms with Crippen molar-refractivity contribution in [1.29, 1.82) is 0 Å². The number of benzene rings is 1. The molecule has 140 valence electrons. The Hall–Kier alpha value is -2.44. The van der Waals surface area contributed by atoms with E-state index >= 15 is 0 Å². The molecule has 1 aromatic rings. The van der Waals surface area contributed by atoms with Crippen LogP contribution in [0.1, 0.15) is 26.3 Å². The number of carbonyl (C=O) groups excluding carboxylic acids is 2. The Morgan fingerprint density at radius 2 is 1.85 bits per heavy atom. The summed E-state index contributed by atoms with van der Waals surface area (Å²) in [6.45, 7) is 13.3. The number of nitrogens with zero attached hydrogens (tertiary/aromatic N) is 1. The minimum Gasteiger partial charge on any atom is -0.443 e. The van der Waals surface area contributed by atoms with Gasteiger partial charge in [0.25, 0.3) is 5.79 Å². The Balaban J connectivity index is 2.54. The topological polar surface area (TPSA) is 65.1 Å². The number of ether oxygens (including phenoxy) is 3. The molecule has 1 aliphatic rings. The SMILES string of the molecule is C=CCN(C(=O)OC(C)(C)C)c1ccccc1C1(C(=O)C=C)OCCO1. The summed E-state index contributed by atoms with van der Waals surface area (Å²) in [5.74, 6) is -2.04. The zero-order valence-electron chi connectivity index (χ0n) is 15.5. The van der Waals surface area contributed by atoms with Gasteiger partial charge in [-0.15, -0.1) is 6.58 Å². The van der Waals surface area contributed by atoms with Crippen LogP contribution >= 0.6 is 0 Å². The molecule has 0 N–H and O–H groups in total. The van der Waals surface area contributed by atoms with Gasteiger partial charge in [0.05, 0.1) is 18.9 Å². The average molecular weight is 359 g/mol. The molecule has 0 bridgehead atoms. The van der Waals surface area contributed by atoms with E-state index in [1.807, 2.05) is 0 Å². The van der Waals surface area contributed by atoms with E-state index in [2.05, 4.69) is 13.2 Å². The standard InChI is InChI=1S/C20H25NO5/c1-6-12-21(18(23)26-19(3,4)5)16-11-9-8-10-15(16)20(17(22)7-2)24-13-14-25-20/h6-11H,1-2,12-14H2,3-5H3. The van der Waals surface area contributed by atoms with E-state index in [9.17, 15) is 9.59 Å². The van der Waals surface area contributed by atoms with Crippen LogP contribution in [0.5, 0.6) is 0 Å². The van der Waals surface area contributed by atoms with Crippen LogP contribution in [0.4, 0.5) is 10.5 Å². The van der Waals surface area contributed by atoms with Crippen LogP contribution in [0.25, 0.3) is 0 Å². The van der Waals surface area contributed by atoms with Gasteiger partial charge in [0.15, 0.2) is 0 Å². The normalized spacial score (nSPS) is 16.0. The van der Waals surface area contributed by atoms with E-state index in [0.717, 1.165) is 6.08 Å². The van der Waals surface area contributed by atoms with Gasteiger partial charge in [-0.2, -0.15) is 0 Å². The summed E-state index contributed by atoms with van der Waals surface area (Å²) >= 11 is 0. The van der Waals surface area contributed by atoms with E-state index in [0.29, 0.717) is 11.3 Å². The fraction of sp³-hybridized carbons (Fsp3) is 0.400. The predicted molar refractivity (Wildman–Crippen MR) is 99.0 cm³/mol. The first-order valence-corrected chi connectivity index (χ1v) is 8.41. The van der Waals surface area contributed by atoms with Crippen LogP contribution in [-0.4, -0.2) is 37.2 Å². The fourth-order valence-corrected chi connectivity index (χ4v) is 2.68. The van der Waals surface area contributed by atoms with E-state index in [1.165, 1.54) is 4.90 Å². The zero-order valence-corrected chi connectivity index (χ0v) is 15.5. The number of rotatable bonds is 6. The quantitative estimate of drug-likeness (QED) is 0.574. The maximum Gasteiger partial charge on any atom is 0.415 e. The zero-order chi connectivity index (χ0) is 19.4. The lowest BCUT2D eigenvalue weighted by Crippen LogP contribution is -2.41. The summed E-state index contributed by atoms with van der Waals surface area (Å²) in [6, 6.07) is 6.93. The highest BCUT2D eigenvalue weighted by atomic mass is 16.7. The molecule has 1 heterocycles. The van der Waals surface area contributed by atoms with Crippen LogP contribution in [0.2, 0.25) is 0 Å². The number of amides is 1. The molecule has 0 unspecified atom stereocenters. The minimum atomic E-state index is -1.61. The smallest absolute Gasteiger partial charge is 0.415 e. The number of ketones is 1. The van der Waals surface area contributed by atoms with Gasteiger partial charge in [-0.3, -0.25) is 9.69 Å². The Kier molecular flexibility index (Phi) is 6.00. The second-order valence-electron chi connectivity index (χ2n) is 6.78. The van der Waals surface area contributed by atoms with Gasteiger partial charge in [-0.1, -0.05) is 30.9 Å². The van der Waals surface area contributed by atoms with Gasteiger partial charge in [0.1, 0.15) is 5.60 Å². The van der Waals surface area contributed by atoms with Crippen molar-refractivity contribution in [3.05, 3.63) is 55.1 Å². The molecule has 0 radical (unpaired) electrons. The maximum atomic E-state index is 12.7. The van der Waals surface area contributed by atoms with E-state index in [1.54, 1.807) is 51.1 Å². The van der Waals surface area contributed by atoms with Gasteiger partial charge < -0.3 is 14.2 Å². The van der Waals surface area contributed by atoms with Crippen molar-refractivity contribution in [2.24, 2.45) is 0 Å². The summed E-state index contributed by atoms with van der Waals surface area (Å²) in [7, 11) is 0. The molecule has 0 spiro atoms. The molecule has 0 atom stereocenters. The van der Waals surface area contributed by atoms with Gasteiger partial charge in [0, 0.05) is 12.1 Å². The Morgan fingerprint density at radius 1 is 1.23 bits per heavy atom. The largest absolute Gasteiger partial charge is 0.443 e. The predicted octanol–water partition coefficient (Wildman–Crippen LogP) is 3.57. The lowest BCUT2D eigenvalue weighted by atomic mass is 9.98. The maximum absolute atomic E-state index is 12.7. The van der Waals surface area contributed by atoms with Gasteiger partial charge in [-0.05, 0) is 32.9 Å². The lowest BCUT2D eigenvalue weighted by molar-refractivity contribution is -0.179. The third-order valence-corrected chi connectivity index (χ3v) is 3.68. The van der Waals surface area contributed by atoms with Crippen LogP contribution in [0.15, 0.2) is 49.6 Å². The second-order valence-corrected chi connectivity index (χ2v) is 6.78. The summed E-state index contributed by atoms with van der Waals surface area (Å²) in [5.41, 5.74) is 0.217. The number of carbonyl (C=O) groups is 2. The number of anilines is 1. The van der Waals surface area contributed by atoms with Crippen LogP contribution in [-0.2, 0) is 24.8 Å². The van der Waals surface area contributed by atoms with Gasteiger partial charge in [-0.25, -0.2) is 4.79 Å². The van der Waals surface area contributed by atoms with Crippen LogP contribution in [0, 0.1) is 0 Å². The minimum absolute atomic E-state index is 0.199. The first kappa shape index (κ1) is 19.9. The molecule has 2 rings (SSSR count). The van der Waals surface area contributed by atoms with Gasteiger partial charge >= 0.3 is 6.09 Å². The highest BCUT2D eigenvalue weighted by molar-refractivity contribution is 5.99. The number of hydrogen-bond donors (Lipinski definition) is 0. The molecule has 0 aliphatic carbocycles. The van der Waals surface area contributed by atoms with Gasteiger partial charge in [0.2, 0.25) is 5.78 Å². The molecule has 1 amide bonds. The molecule has 1 aliphatic heterocycles. The Morgan fingerprint density at radius 3 is 2.38 bits per heavy atom. The molecule has 0 aromatic heterocycles. The summed E-state index contributed by atoms with van der Waals surface area (Å²) < 4.78 is 16.9. The molecular formula is C20H25NO5. The van der Waals surface area contributed by atoms with Crippen molar-refractivity contribution in [2.45, 2.75) is 32.2 Å². The van der Waals surface area contributed by atoms with Crippen LogP contribution in [0.3, 0.4) is 0 Å². The average Bonchev–Trinajstić information content (AvgIpc) is 3.08. The van der Waals surface area contributed by atoms with Crippen molar-refractivity contribution < 1.29 is 23.8 Å². The molecule has 1 saturated heterocycles. The first-order chi connectivity index (χ1) is 12.2. The highest BCUT2D eigenvalue weighted by Crippen LogP contribution is 2.39. The molecule has 1 fully saturated rings. The monoisotopic (exact) mass is 359 g/mol. The lowest BCUT2D eigenvalue weighted by Gasteiger charge is -2.32. The Labute approximate surface area is 154 Å². The molecule has 0 saturated carbocycles. The first-order valence-electron chi connectivity index (χ1n) is 8.41. The van der Waals surface area contributed by atoms with Crippen molar-refractivity contribution in [3.63, 3.8) is 0 Å². The van der Waals surface area contributed by atoms with Crippen LogP contribution < -0.4 is 4.90 Å². The third-order valence-electron chi connectivity index (χ3n) is 3.68. The third kappa shape index (κ3) is 4.03. The van der Waals surface area contributed by atoms with E-state index < -0.39 is 23.3 Å². The Bertz CT molecular complexity index is 698. The molecule has 6 heteroatoms.